The molecule has 3 nitrogen and oxygen atoms in total. The molecule has 0 unspecified atom stereocenters. The molecule has 21 heavy (non-hydrogen) atoms. The van der Waals surface area contributed by atoms with Gasteiger partial charge < -0.3 is 9.88 Å². The minimum Gasteiger partial charge on any atom is -0.347 e. The highest BCUT2D eigenvalue weighted by Gasteiger charge is 2.10. The number of nitrogens with zero attached hydrogens (tertiary/aromatic N) is 1. The predicted molar refractivity (Wildman–Crippen MR) is 86.4 cm³/mol. The van der Waals surface area contributed by atoms with Crippen molar-refractivity contribution in [1.82, 2.24) is 4.57 Å². The van der Waals surface area contributed by atoms with Crippen LogP contribution in [0.5, 0.6) is 0 Å². The standard InChI is InChI=1S/C18H18N2O/c1-13-7-9-15(10-8-13)19-18(21)12-16-11-14-5-3-4-6-17(14)20(16)2/h3-11H,12H2,1-2H3,(H,19,21). The summed E-state index contributed by atoms with van der Waals surface area (Å²) in [5, 5.41) is 4.10. The fourth-order valence-electron chi connectivity index (χ4n) is 2.52. The molecule has 1 aromatic heterocycles. The van der Waals surface area contributed by atoms with Crippen LogP contribution in [0.1, 0.15) is 11.3 Å². The van der Waals surface area contributed by atoms with Crippen LogP contribution in [0.2, 0.25) is 0 Å². The zero-order valence-electron chi connectivity index (χ0n) is 12.3. The number of carbonyl (C=O) groups excluding carboxylic acids is 1. The number of aromatic nitrogens is 1. The second kappa shape index (κ2) is 5.44. The van der Waals surface area contributed by atoms with Crippen molar-refractivity contribution >= 4 is 22.5 Å². The van der Waals surface area contributed by atoms with Gasteiger partial charge in [0.05, 0.1) is 6.42 Å². The van der Waals surface area contributed by atoms with Crippen molar-refractivity contribution in [3.05, 3.63) is 65.9 Å². The molecular formula is C18H18N2O. The number of nitrogens with one attached hydrogen (secondary N) is 1. The Morgan fingerprint density at radius 2 is 1.81 bits per heavy atom. The molecule has 1 amide bonds. The minimum atomic E-state index is 0.00441. The van der Waals surface area contributed by atoms with Crippen LogP contribution in [-0.2, 0) is 18.3 Å². The van der Waals surface area contributed by atoms with Gasteiger partial charge in [0.15, 0.2) is 0 Å². The van der Waals surface area contributed by atoms with Crippen molar-refractivity contribution in [3.63, 3.8) is 0 Å². The summed E-state index contributed by atoms with van der Waals surface area (Å²) in [5.41, 5.74) is 4.18. The van der Waals surface area contributed by atoms with Crippen molar-refractivity contribution < 1.29 is 4.79 Å². The summed E-state index contributed by atoms with van der Waals surface area (Å²) in [6.45, 7) is 2.03. The van der Waals surface area contributed by atoms with E-state index in [1.165, 1.54) is 5.56 Å². The van der Waals surface area contributed by atoms with Crippen LogP contribution in [0.15, 0.2) is 54.6 Å². The first-order valence-corrected chi connectivity index (χ1v) is 7.03. The van der Waals surface area contributed by atoms with E-state index in [2.05, 4.69) is 28.1 Å². The van der Waals surface area contributed by atoms with Crippen LogP contribution >= 0.6 is 0 Å². The van der Waals surface area contributed by atoms with E-state index in [0.717, 1.165) is 22.3 Å². The van der Waals surface area contributed by atoms with E-state index in [9.17, 15) is 4.79 Å². The SMILES string of the molecule is Cc1ccc(NC(=O)Cc2cc3ccccc3n2C)cc1. The van der Waals surface area contributed by atoms with Gasteiger partial charge >= 0.3 is 0 Å². The Hall–Kier alpha value is -2.55. The molecule has 1 heterocycles. The summed E-state index contributed by atoms with van der Waals surface area (Å²) in [6, 6.07) is 18.1. The quantitative estimate of drug-likeness (QED) is 0.779. The lowest BCUT2D eigenvalue weighted by Gasteiger charge is -2.07. The molecule has 0 bridgehead atoms. The van der Waals surface area contributed by atoms with Gasteiger partial charge in [-0.2, -0.15) is 0 Å². The number of hydrogen-bond donors (Lipinski definition) is 1. The number of fused-ring (bicyclic) bond motifs is 1. The number of amides is 1. The summed E-state index contributed by atoms with van der Waals surface area (Å²) in [4.78, 5) is 12.2. The molecule has 0 saturated heterocycles. The first-order chi connectivity index (χ1) is 10.1. The molecular weight excluding hydrogens is 260 g/mol. The monoisotopic (exact) mass is 278 g/mol. The van der Waals surface area contributed by atoms with E-state index in [4.69, 9.17) is 0 Å². The maximum absolute atomic E-state index is 12.2. The first-order valence-electron chi connectivity index (χ1n) is 7.03. The van der Waals surface area contributed by atoms with E-state index in [-0.39, 0.29) is 5.91 Å². The molecule has 0 radical (unpaired) electrons. The molecule has 0 aliphatic rings. The molecule has 106 valence electrons. The molecule has 0 fully saturated rings. The molecule has 3 aromatic rings. The molecule has 3 heteroatoms. The second-order valence-corrected chi connectivity index (χ2v) is 5.34. The van der Waals surface area contributed by atoms with Crippen molar-refractivity contribution in [2.75, 3.05) is 5.32 Å². The summed E-state index contributed by atoms with van der Waals surface area (Å²) >= 11 is 0. The lowest BCUT2D eigenvalue weighted by atomic mass is 10.2. The summed E-state index contributed by atoms with van der Waals surface area (Å²) < 4.78 is 2.07. The van der Waals surface area contributed by atoms with Crippen LogP contribution in [0.25, 0.3) is 10.9 Å². The van der Waals surface area contributed by atoms with E-state index in [1.807, 2.05) is 50.4 Å². The van der Waals surface area contributed by atoms with E-state index < -0.39 is 0 Å². The number of aryl methyl sites for hydroxylation is 2. The third-order valence-corrected chi connectivity index (χ3v) is 3.73. The summed E-state index contributed by atoms with van der Waals surface area (Å²) in [5.74, 6) is 0.00441. The lowest BCUT2D eigenvalue weighted by molar-refractivity contribution is -0.115. The molecule has 0 aliphatic carbocycles. The van der Waals surface area contributed by atoms with E-state index >= 15 is 0 Å². The predicted octanol–water partition coefficient (Wildman–Crippen LogP) is 3.67. The van der Waals surface area contributed by atoms with E-state index in [1.54, 1.807) is 0 Å². The largest absolute Gasteiger partial charge is 0.347 e. The third kappa shape index (κ3) is 2.82. The third-order valence-electron chi connectivity index (χ3n) is 3.73. The van der Waals surface area contributed by atoms with Gasteiger partial charge in [-0.3, -0.25) is 4.79 Å². The maximum atomic E-state index is 12.2. The van der Waals surface area contributed by atoms with Gasteiger partial charge in [0.2, 0.25) is 5.91 Å². The Morgan fingerprint density at radius 1 is 1.10 bits per heavy atom. The Balaban J connectivity index is 1.77. The molecule has 0 atom stereocenters. The molecule has 0 saturated carbocycles. The zero-order chi connectivity index (χ0) is 14.8. The highest BCUT2D eigenvalue weighted by molar-refractivity contribution is 5.93. The Labute approximate surface area is 124 Å². The highest BCUT2D eigenvalue weighted by Crippen LogP contribution is 2.19. The van der Waals surface area contributed by atoms with Crippen LogP contribution in [0, 0.1) is 6.92 Å². The van der Waals surface area contributed by atoms with E-state index in [0.29, 0.717) is 6.42 Å². The number of hydrogen-bond acceptors (Lipinski definition) is 1. The van der Waals surface area contributed by atoms with Gasteiger partial charge in [-0.15, -0.1) is 0 Å². The van der Waals surface area contributed by atoms with Gasteiger partial charge in [0.1, 0.15) is 0 Å². The van der Waals surface area contributed by atoms with Crippen molar-refractivity contribution in [2.45, 2.75) is 13.3 Å². The fourth-order valence-corrected chi connectivity index (χ4v) is 2.52. The van der Waals surface area contributed by atoms with Gasteiger partial charge in [-0.25, -0.2) is 0 Å². The Bertz CT molecular complexity index is 785. The number of anilines is 1. The summed E-state index contributed by atoms with van der Waals surface area (Å²) in [6.07, 6.45) is 0.374. The topological polar surface area (TPSA) is 34.0 Å². The van der Waals surface area contributed by atoms with Crippen molar-refractivity contribution in [2.24, 2.45) is 7.05 Å². The number of para-hydroxylation sites is 1. The smallest absolute Gasteiger partial charge is 0.230 e. The van der Waals surface area contributed by atoms with Crippen LogP contribution in [0.4, 0.5) is 5.69 Å². The zero-order valence-corrected chi connectivity index (χ0v) is 12.3. The number of rotatable bonds is 3. The van der Waals surface area contributed by atoms with Crippen molar-refractivity contribution in [3.8, 4) is 0 Å². The number of benzene rings is 2. The molecule has 1 N–H and O–H groups in total. The minimum absolute atomic E-state index is 0.00441. The average molecular weight is 278 g/mol. The van der Waals surface area contributed by atoms with Crippen LogP contribution in [0.3, 0.4) is 0 Å². The van der Waals surface area contributed by atoms with Gasteiger partial charge in [-0.1, -0.05) is 35.9 Å². The normalized spacial score (nSPS) is 10.8. The van der Waals surface area contributed by atoms with Gasteiger partial charge in [0, 0.05) is 23.9 Å². The average Bonchev–Trinajstić information content (AvgIpc) is 2.78. The Kier molecular flexibility index (Phi) is 3.48. The summed E-state index contributed by atoms with van der Waals surface area (Å²) in [7, 11) is 2.00. The first kappa shape index (κ1) is 13.4. The molecule has 0 aliphatic heterocycles. The van der Waals surface area contributed by atoms with Crippen molar-refractivity contribution in [1.29, 1.82) is 0 Å². The second-order valence-electron chi connectivity index (χ2n) is 5.34. The molecule has 3 rings (SSSR count). The lowest BCUT2D eigenvalue weighted by Crippen LogP contribution is -2.16. The fraction of sp³-hybridized carbons (Fsp3) is 0.167. The van der Waals surface area contributed by atoms with Gasteiger partial charge in [-0.05, 0) is 36.6 Å². The maximum Gasteiger partial charge on any atom is 0.230 e. The number of carbonyl (C=O) groups is 1. The van der Waals surface area contributed by atoms with Crippen LogP contribution < -0.4 is 5.32 Å². The highest BCUT2D eigenvalue weighted by atomic mass is 16.1. The molecule has 0 spiro atoms. The van der Waals surface area contributed by atoms with Crippen LogP contribution in [-0.4, -0.2) is 10.5 Å². The Morgan fingerprint density at radius 3 is 2.52 bits per heavy atom. The molecule has 2 aromatic carbocycles. The van der Waals surface area contributed by atoms with Gasteiger partial charge in [0.25, 0.3) is 0 Å².